The Labute approximate surface area is 178 Å². The van der Waals surface area contributed by atoms with Crippen molar-refractivity contribution in [3.8, 4) is 0 Å². The van der Waals surface area contributed by atoms with Gasteiger partial charge in [0.15, 0.2) is 5.96 Å². The molecule has 0 spiro atoms. The highest BCUT2D eigenvalue weighted by Gasteiger charge is 2.27. The number of hydrogen-bond donors (Lipinski definition) is 2. The molecule has 0 aliphatic carbocycles. The summed E-state index contributed by atoms with van der Waals surface area (Å²) in [5.74, 6) is 0.209. The summed E-state index contributed by atoms with van der Waals surface area (Å²) in [5, 5.41) is 6.58. The number of halogens is 3. The molecule has 1 aromatic rings. The molecule has 1 aliphatic heterocycles. The van der Waals surface area contributed by atoms with Gasteiger partial charge in [0.2, 0.25) is 0 Å². The van der Waals surface area contributed by atoms with E-state index in [1.54, 1.807) is 11.9 Å². The zero-order valence-corrected chi connectivity index (χ0v) is 18.6. The fourth-order valence-electron chi connectivity index (χ4n) is 2.96. The van der Waals surface area contributed by atoms with Gasteiger partial charge in [-0.15, -0.1) is 24.0 Å². The van der Waals surface area contributed by atoms with E-state index in [4.69, 9.17) is 4.74 Å². The molecule has 0 bridgehead atoms. The number of benzene rings is 1. The number of guanidine groups is 1. The molecule has 1 heterocycles. The van der Waals surface area contributed by atoms with Crippen molar-refractivity contribution >= 4 is 35.6 Å². The van der Waals surface area contributed by atoms with Crippen molar-refractivity contribution in [2.75, 3.05) is 44.8 Å². The standard InChI is InChI=1S/C19H30F2N4O.HI/c1-14(2)13-26-11-5-9-23-19(22-3)24-15-8-10-25(12-15)18-16(20)6-4-7-17(18)21;/h4,6-7,14-15H,5,8-13H2,1-3H3,(H2,22,23,24);1H. The summed E-state index contributed by atoms with van der Waals surface area (Å²) in [6.45, 7) is 7.65. The molecule has 27 heavy (non-hydrogen) atoms. The Balaban J connectivity index is 0.00000364. The van der Waals surface area contributed by atoms with E-state index in [1.165, 1.54) is 18.2 Å². The number of hydrogen-bond acceptors (Lipinski definition) is 3. The van der Waals surface area contributed by atoms with Crippen LogP contribution in [-0.4, -0.2) is 51.9 Å². The van der Waals surface area contributed by atoms with E-state index < -0.39 is 11.6 Å². The van der Waals surface area contributed by atoms with Crippen LogP contribution >= 0.6 is 24.0 Å². The zero-order valence-electron chi connectivity index (χ0n) is 16.3. The number of ether oxygens (including phenoxy) is 1. The Morgan fingerprint density at radius 2 is 2.04 bits per heavy atom. The molecule has 1 atom stereocenters. The Hall–Kier alpha value is -1.16. The first-order chi connectivity index (χ1) is 12.5. The second-order valence-corrected chi connectivity index (χ2v) is 6.97. The number of nitrogens with zero attached hydrogens (tertiary/aromatic N) is 2. The minimum absolute atomic E-state index is 0. The number of rotatable bonds is 8. The maximum atomic E-state index is 13.9. The SMILES string of the molecule is CN=C(NCCCOCC(C)C)NC1CCN(c2c(F)cccc2F)C1.I. The van der Waals surface area contributed by atoms with Crippen LogP contribution in [0.2, 0.25) is 0 Å². The van der Waals surface area contributed by atoms with Gasteiger partial charge in [-0.1, -0.05) is 19.9 Å². The van der Waals surface area contributed by atoms with Crippen LogP contribution in [0.3, 0.4) is 0 Å². The molecule has 0 amide bonds. The molecule has 154 valence electrons. The van der Waals surface area contributed by atoms with Gasteiger partial charge in [0, 0.05) is 45.9 Å². The van der Waals surface area contributed by atoms with E-state index in [2.05, 4.69) is 29.5 Å². The highest BCUT2D eigenvalue weighted by molar-refractivity contribution is 14.0. The summed E-state index contributed by atoms with van der Waals surface area (Å²) in [4.78, 5) is 5.96. The Bertz CT molecular complexity index is 581. The van der Waals surface area contributed by atoms with Gasteiger partial charge in [-0.3, -0.25) is 4.99 Å². The topological polar surface area (TPSA) is 48.9 Å². The number of para-hydroxylation sites is 1. The summed E-state index contributed by atoms with van der Waals surface area (Å²) < 4.78 is 33.4. The molecule has 2 rings (SSSR count). The zero-order chi connectivity index (χ0) is 18.9. The highest BCUT2D eigenvalue weighted by Crippen LogP contribution is 2.26. The highest BCUT2D eigenvalue weighted by atomic mass is 127. The minimum atomic E-state index is -0.519. The predicted octanol–water partition coefficient (Wildman–Crippen LogP) is 3.39. The molecule has 1 saturated heterocycles. The number of aliphatic imine (C=N–C) groups is 1. The first-order valence-electron chi connectivity index (χ1n) is 9.25. The van der Waals surface area contributed by atoms with Crippen molar-refractivity contribution in [2.24, 2.45) is 10.9 Å². The van der Waals surface area contributed by atoms with Crippen molar-refractivity contribution in [1.29, 1.82) is 0 Å². The van der Waals surface area contributed by atoms with Crippen LogP contribution < -0.4 is 15.5 Å². The summed E-state index contributed by atoms with van der Waals surface area (Å²) in [5.41, 5.74) is 0.0575. The summed E-state index contributed by atoms with van der Waals surface area (Å²) in [7, 11) is 1.72. The average Bonchev–Trinajstić information content (AvgIpc) is 3.04. The summed E-state index contributed by atoms with van der Waals surface area (Å²) in [6, 6.07) is 4.07. The fraction of sp³-hybridized carbons (Fsp3) is 0.632. The second-order valence-electron chi connectivity index (χ2n) is 6.97. The van der Waals surface area contributed by atoms with Crippen molar-refractivity contribution in [3.05, 3.63) is 29.8 Å². The molecule has 1 aromatic carbocycles. The monoisotopic (exact) mass is 496 g/mol. The molecular weight excluding hydrogens is 465 g/mol. The van der Waals surface area contributed by atoms with E-state index >= 15 is 0 Å². The van der Waals surface area contributed by atoms with Crippen LogP contribution in [0, 0.1) is 17.6 Å². The first-order valence-corrected chi connectivity index (χ1v) is 9.25. The van der Waals surface area contributed by atoms with Gasteiger partial charge in [0.05, 0.1) is 0 Å². The van der Waals surface area contributed by atoms with E-state index in [0.717, 1.165) is 26.0 Å². The maximum Gasteiger partial charge on any atom is 0.191 e. The Morgan fingerprint density at radius 3 is 2.67 bits per heavy atom. The van der Waals surface area contributed by atoms with Crippen molar-refractivity contribution in [1.82, 2.24) is 10.6 Å². The van der Waals surface area contributed by atoms with Crippen LogP contribution in [0.4, 0.5) is 14.5 Å². The van der Waals surface area contributed by atoms with Gasteiger partial charge in [-0.25, -0.2) is 8.78 Å². The molecule has 1 fully saturated rings. The molecule has 0 saturated carbocycles. The predicted molar refractivity (Wildman–Crippen MR) is 117 cm³/mol. The molecule has 2 N–H and O–H groups in total. The number of anilines is 1. The molecule has 0 aromatic heterocycles. The van der Waals surface area contributed by atoms with Gasteiger partial charge in [0.1, 0.15) is 17.3 Å². The van der Waals surface area contributed by atoms with Crippen LogP contribution in [0.5, 0.6) is 0 Å². The Morgan fingerprint density at radius 1 is 1.33 bits per heavy atom. The van der Waals surface area contributed by atoms with Gasteiger partial charge in [-0.05, 0) is 30.9 Å². The lowest BCUT2D eigenvalue weighted by Gasteiger charge is -2.21. The second kappa shape index (κ2) is 12.3. The number of nitrogens with one attached hydrogen (secondary N) is 2. The van der Waals surface area contributed by atoms with E-state index in [1.807, 2.05) is 0 Å². The van der Waals surface area contributed by atoms with Gasteiger partial charge in [0.25, 0.3) is 0 Å². The van der Waals surface area contributed by atoms with E-state index in [0.29, 0.717) is 31.6 Å². The third kappa shape index (κ3) is 7.77. The smallest absolute Gasteiger partial charge is 0.191 e. The summed E-state index contributed by atoms with van der Waals surface area (Å²) in [6.07, 6.45) is 1.69. The molecular formula is C19H31F2IN4O. The van der Waals surface area contributed by atoms with E-state index in [-0.39, 0.29) is 35.7 Å². The summed E-state index contributed by atoms with van der Waals surface area (Å²) >= 11 is 0. The van der Waals surface area contributed by atoms with E-state index in [9.17, 15) is 8.78 Å². The normalized spacial score (nSPS) is 17.2. The molecule has 1 unspecified atom stereocenters. The third-order valence-corrected chi connectivity index (χ3v) is 4.22. The van der Waals surface area contributed by atoms with Crippen LogP contribution in [0.25, 0.3) is 0 Å². The molecule has 0 radical (unpaired) electrons. The first kappa shape index (κ1) is 23.9. The lowest BCUT2D eigenvalue weighted by atomic mass is 10.2. The van der Waals surface area contributed by atoms with Gasteiger partial charge in [-0.2, -0.15) is 0 Å². The van der Waals surface area contributed by atoms with Crippen molar-refractivity contribution in [2.45, 2.75) is 32.7 Å². The lowest BCUT2D eigenvalue weighted by Crippen LogP contribution is -2.45. The van der Waals surface area contributed by atoms with Crippen molar-refractivity contribution < 1.29 is 13.5 Å². The van der Waals surface area contributed by atoms with Gasteiger partial charge < -0.3 is 20.3 Å². The molecule has 1 aliphatic rings. The minimum Gasteiger partial charge on any atom is -0.381 e. The quantitative estimate of drug-likeness (QED) is 0.251. The van der Waals surface area contributed by atoms with Crippen LogP contribution in [0.15, 0.2) is 23.2 Å². The fourth-order valence-corrected chi connectivity index (χ4v) is 2.96. The van der Waals surface area contributed by atoms with Crippen molar-refractivity contribution in [3.63, 3.8) is 0 Å². The molecule has 8 heteroatoms. The molecule has 5 nitrogen and oxygen atoms in total. The largest absolute Gasteiger partial charge is 0.381 e. The van der Waals surface area contributed by atoms with Crippen LogP contribution in [0.1, 0.15) is 26.7 Å². The van der Waals surface area contributed by atoms with Crippen LogP contribution in [-0.2, 0) is 4.74 Å². The Kier molecular flexibility index (Phi) is 10.9. The lowest BCUT2D eigenvalue weighted by molar-refractivity contribution is 0.108. The average molecular weight is 496 g/mol. The van der Waals surface area contributed by atoms with Gasteiger partial charge >= 0.3 is 0 Å². The maximum absolute atomic E-state index is 13.9. The third-order valence-electron chi connectivity index (χ3n) is 4.22.